The molecule has 0 aromatic carbocycles. The molecule has 1 saturated heterocycles. The molecular formula is C19H33IN6O. The van der Waals surface area contributed by atoms with Crippen molar-refractivity contribution in [3.05, 3.63) is 23.9 Å². The van der Waals surface area contributed by atoms with Gasteiger partial charge in [-0.3, -0.25) is 9.79 Å². The number of amides is 1. The molecule has 8 heteroatoms. The Morgan fingerprint density at radius 2 is 2.04 bits per heavy atom. The Morgan fingerprint density at radius 1 is 1.37 bits per heavy atom. The molecule has 152 valence electrons. The summed E-state index contributed by atoms with van der Waals surface area (Å²) >= 11 is 0. The van der Waals surface area contributed by atoms with E-state index in [4.69, 9.17) is 5.73 Å². The average Bonchev–Trinajstić information content (AvgIpc) is 2.65. The number of hydrogen-bond donors (Lipinski definition) is 3. The van der Waals surface area contributed by atoms with Crippen LogP contribution in [-0.4, -0.2) is 43.0 Å². The molecule has 2 rings (SSSR count). The van der Waals surface area contributed by atoms with Gasteiger partial charge in [0.15, 0.2) is 5.96 Å². The number of rotatable bonds is 6. The lowest BCUT2D eigenvalue weighted by atomic mass is 9.96. The summed E-state index contributed by atoms with van der Waals surface area (Å²) in [5.74, 6) is 2.07. The number of pyridine rings is 1. The standard InChI is InChI=1S/C19H32N6O.HI/c1-13(2)14(3)24-19(21-4)23-12-16-6-5-9-22-18(16)25-10-7-15(8-11-25)17(20)26;/h5-6,9,13-15H,7-8,10-12H2,1-4H3,(H2,20,26)(H2,21,23,24);1H. The lowest BCUT2D eigenvalue weighted by Crippen LogP contribution is -2.44. The number of aliphatic imine (C=N–C) groups is 1. The van der Waals surface area contributed by atoms with Gasteiger partial charge in [-0.25, -0.2) is 4.98 Å². The van der Waals surface area contributed by atoms with Crippen LogP contribution in [0.5, 0.6) is 0 Å². The summed E-state index contributed by atoms with van der Waals surface area (Å²) in [6.07, 6.45) is 3.38. The lowest BCUT2D eigenvalue weighted by molar-refractivity contribution is -0.122. The van der Waals surface area contributed by atoms with Gasteiger partial charge in [0.05, 0.1) is 0 Å². The topological polar surface area (TPSA) is 95.6 Å². The highest BCUT2D eigenvalue weighted by atomic mass is 127. The minimum atomic E-state index is -0.193. The Kier molecular flexibility index (Phi) is 9.82. The van der Waals surface area contributed by atoms with E-state index in [9.17, 15) is 4.79 Å². The van der Waals surface area contributed by atoms with E-state index >= 15 is 0 Å². The van der Waals surface area contributed by atoms with Crippen molar-refractivity contribution >= 4 is 41.7 Å². The number of anilines is 1. The summed E-state index contributed by atoms with van der Waals surface area (Å²) in [6.45, 7) is 8.75. The van der Waals surface area contributed by atoms with Gasteiger partial charge in [0.1, 0.15) is 5.82 Å². The predicted octanol–water partition coefficient (Wildman–Crippen LogP) is 2.11. The molecule has 27 heavy (non-hydrogen) atoms. The second-order valence-corrected chi connectivity index (χ2v) is 7.25. The Labute approximate surface area is 179 Å². The number of primary amides is 1. The van der Waals surface area contributed by atoms with Gasteiger partial charge in [0, 0.05) is 50.4 Å². The molecule has 0 radical (unpaired) electrons. The van der Waals surface area contributed by atoms with Crippen LogP contribution in [-0.2, 0) is 11.3 Å². The first kappa shape index (κ1) is 23.5. The number of nitrogens with zero attached hydrogens (tertiary/aromatic N) is 3. The summed E-state index contributed by atoms with van der Waals surface area (Å²) in [5.41, 5.74) is 6.55. The van der Waals surface area contributed by atoms with Crippen molar-refractivity contribution in [2.75, 3.05) is 25.0 Å². The van der Waals surface area contributed by atoms with Crippen molar-refractivity contribution in [2.45, 2.75) is 46.2 Å². The molecule has 1 aromatic heterocycles. The van der Waals surface area contributed by atoms with Crippen LogP contribution in [0, 0.1) is 11.8 Å². The lowest BCUT2D eigenvalue weighted by Gasteiger charge is -2.32. The zero-order valence-corrected chi connectivity index (χ0v) is 19.1. The third-order valence-corrected chi connectivity index (χ3v) is 5.10. The molecule has 1 aromatic rings. The van der Waals surface area contributed by atoms with Crippen LogP contribution < -0.4 is 21.3 Å². The molecule has 1 fully saturated rings. The molecule has 1 aliphatic rings. The summed E-state index contributed by atoms with van der Waals surface area (Å²) < 4.78 is 0. The van der Waals surface area contributed by atoms with E-state index in [0.717, 1.165) is 43.3 Å². The second kappa shape index (κ2) is 11.3. The SMILES string of the molecule is CN=C(NCc1cccnc1N1CCC(C(N)=O)CC1)NC(C)C(C)C.I. The number of carbonyl (C=O) groups excluding carboxylic acids is 1. The summed E-state index contributed by atoms with van der Waals surface area (Å²) in [5, 5.41) is 6.78. The highest BCUT2D eigenvalue weighted by Gasteiger charge is 2.25. The van der Waals surface area contributed by atoms with Crippen LogP contribution in [0.1, 0.15) is 39.2 Å². The highest BCUT2D eigenvalue weighted by Crippen LogP contribution is 2.24. The van der Waals surface area contributed by atoms with Gasteiger partial charge in [-0.05, 0) is 31.7 Å². The Bertz CT molecular complexity index is 628. The monoisotopic (exact) mass is 488 g/mol. The van der Waals surface area contributed by atoms with Gasteiger partial charge in [0.2, 0.25) is 5.91 Å². The van der Waals surface area contributed by atoms with Crippen molar-refractivity contribution in [3.8, 4) is 0 Å². The van der Waals surface area contributed by atoms with E-state index in [1.54, 1.807) is 7.05 Å². The minimum absolute atomic E-state index is 0. The minimum Gasteiger partial charge on any atom is -0.369 e. The molecule has 1 aliphatic heterocycles. The first-order valence-electron chi connectivity index (χ1n) is 9.37. The van der Waals surface area contributed by atoms with Crippen molar-refractivity contribution in [3.63, 3.8) is 0 Å². The van der Waals surface area contributed by atoms with E-state index in [-0.39, 0.29) is 35.8 Å². The highest BCUT2D eigenvalue weighted by molar-refractivity contribution is 14.0. The number of carbonyl (C=O) groups is 1. The van der Waals surface area contributed by atoms with Crippen molar-refractivity contribution in [2.24, 2.45) is 22.6 Å². The van der Waals surface area contributed by atoms with Gasteiger partial charge in [-0.1, -0.05) is 19.9 Å². The molecule has 1 amide bonds. The van der Waals surface area contributed by atoms with Gasteiger partial charge in [-0.2, -0.15) is 0 Å². The molecule has 1 unspecified atom stereocenters. The predicted molar refractivity (Wildman–Crippen MR) is 121 cm³/mol. The van der Waals surface area contributed by atoms with E-state index in [2.05, 4.69) is 52.3 Å². The van der Waals surface area contributed by atoms with E-state index in [1.807, 2.05) is 12.3 Å². The van der Waals surface area contributed by atoms with Gasteiger partial charge in [-0.15, -0.1) is 24.0 Å². The number of nitrogens with two attached hydrogens (primary N) is 1. The quantitative estimate of drug-likeness (QED) is 0.324. The van der Waals surface area contributed by atoms with Gasteiger partial charge in [0.25, 0.3) is 0 Å². The molecule has 0 bridgehead atoms. The molecule has 2 heterocycles. The first-order valence-corrected chi connectivity index (χ1v) is 9.37. The fourth-order valence-corrected chi connectivity index (χ4v) is 2.98. The fourth-order valence-electron chi connectivity index (χ4n) is 2.98. The molecule has 0 aliphatic carbocycles. The summed E-state index contributed by atoms with van der Waals surface area (Å²) in [6, 6.07) is 4.36. The number of guanidine groups is 1. The van der Waals surface area contributed by atoms with Crippen LogP contribution in [0.4, 0.5) is 5.82 Å². The van der Waals surface area contributed by atoms with Crippen molar-refractivity contribution in [1.29, 1.82) is 0 Å². The zero-order chi connectivity index (χ0) is 19.1. The summed E-state index contributed by atoms with van der Waals surface area (Å²) in [7, 11) is 1.78. The van der Waals surface area contributed by atoms with Crippen LogP contribution in [0.3, 0.4) is 0 Å². The molecule has 0 saturated carbocycles. The van der Waals surface area contributed by atoms with E-state index < -0.39 is 0 Å². The van der Waals surface area contributed by atoms with E-state index in [0.29, 0.717) is 18.5 Å². The van der Waals surface area contributed by atoms with Crippen molar-refractivity contribution < 1.29 is 4.79 Å². The van der Waals surface area contributed by atoms with Crippen LogP contribution >= 0.6 is 24.0 Å². The first-order chi connectivity index (χ1) is 12.4. The average molecular weight is 488 g/mol. The molecule has 1 atom stereocenters. The van der Waals surface area contributed by atoms with Crippen LogP contribution in [0.25, 0.3) is 0 Å². The zero-order valence-electron chi connectivity index (χ0n) is 16.7. The number of hydrogen-bond acceptors (Lipinski definition) is 4. The maximum absolute atomic E-state index is 11.4. The number of aromatic nitrogens is 1. The Morgan fingerprint density at radius 3 is 2.59 bits per heavy atom. The fraction of sp³-hybridized carbons (Fsp3) is 0.632. The van der Waals surface area contributed by atoms with Crippen molar-refractivity contribution in [1.82, 2.24) is 15.6 Å². The summed E-state index contributed by atoms with van der Waals surface area (Å²) in [4.78, 5) is 22.5. The van der Waals surface area contributed by atoms with E-state index in [1.165, 1.54) is 0 Å². The largest absolute Gasteiger partial charge is 0.369 e. The van der Waals surface area contributed by atoms with Gasteiger partial charge >= 0.3 is 0 Å². The number of nitrogens with one attached hydrogen (secondary N) is 2. The van der Waals surface area contributed by atoms with Gasteiger partial charge < -0.3 is 21.3 Å². The molecular weight excluding hydrogens is 455 g/mol. The number of piperidine rings is 1. The van der Waals surface area contributed by atoms with Crippen LogP contribution in [0.2, 0.25) is 0 Å². The number of halogens is 1. The maximum Gasteiger partial charge on any atom is 0.220 e. The Balaban J connectivity index is 0.00000364. The maximum atomic E-state index is 11.4. The van der Waals surface area contributed by atoms with Crippen LogP contribution in [0.15, 0.2) is 23.3 Å². The third-order valence-electron chi connectivity index (χ3n) is 5.10. The molecule has 4 N–H and O–H groups in total. The second-order valence-electron chi connectivity index (χ2n) is 7.25. The molecule has 0 spiro atoms. The normalized spacial score (nSPS) is 16.6. The smallest absolute Gasteiger partial charge is 0.220 e. The third kappa shape index (κ3) is 6.82. The molecule has 7 nitrogen and oxygen atoms in total. The Hall–Kier alpha value is -1.58.